The molecule has 0 bridgehead atoms. The number of halogens is 2. The number of pyridine rings is 1. The first-order valence-electron chi connectivity index (χ1n) is 11.4. The monoisotopic (exact) mass is 469 g/mol. The molecule has 1 aromatic carbocycles. The van der Waals surface area contributed by atoms with Crippen molar-refractivity contribution in [3.8, 4) is 5.75 Å². The van der Waals surface area contributed by atoms with Crippen LogP contribution in [0.1, 0.15) is 39.8 Å². The largest absolute Gasteiger partial charge is 0.503 e. The van der Waals surface area contributed by atoms with Crippen LogP contribution >= 0.6 is 0 Å². The van der Waals surface area contributed by atoms with Gasteiger partial charge in [-0.15, -0.1) is 0 Å². The molecule has 2 amide bonds. The van der Waals surface area contributed by atoms with Crippen LogP contribution in [-0.2, 0) is 17.8 Å². The first kappa shape index (κ1) is 20.1. The SMILES string of the molecule is CC1C2C3OC4Cn5cc(C(=O)NCc6ccc(F)cc6F)c(=O)c(O)c5C(=O)N4C4C[C@]34C12. The Morgan fingerprint density at radius 1 is 1.32 bits per heavy atom. The van der Waals surface area contributed by atoms with E-state index in [9.17, 15) is 28.3 Å². The van der Waals surface area contributed by atoms with Crippen molar-refractivity contribution in [3.63, 3.8) is 0 Å². The summed E-state index contributed by atoms with van der Waals surface area (Å²) in [5.41, 5.74) is -1.42. The number of carbonyl (C=O) groups is 2. The first-order chi connectivity index (χ1) is 16.2. The minimum absolute atomic E-state index is 0.0315. The van der Waals surface area contributed by atoms with Crippen LogP contribution in [0.5, 0.6) is 5.75 Å². The number of hydrogen-bond donors (Lipinski definition) is 2. The van der Waals surface area contributed by atoms with Gasteiger partial charge >= 0.3 is 0 Å². The summed E-state index contributed by atoms with van der Waals surface area (Å²) in [6.45, 7) is 2.12. The lowest BCUT2D eigenvalue weighted by Crippen LogP contribution is -2.62. The van der Waals surface area contributed by atoms with Crippen molar-refractivity contribution in [2.75, 3.05) is 0 Å². The van der Waals surface area contributed by atoms with E-state index in [1.165, 1.54) is 16.8 Å². The highest BCUT2D eigenvalue weighted by molar-refractivity contribution is 5.99. The molecule has 4 fully saturated rings. The van der Waals surface area contributed by atoms with Crippen LogP contribution in [0.25, 0.3) is 0 Å². The number of ether oxygens (including phenoxy) is 1. The first-order valence-corrected chi connectivity index (χ1v) is 11.4. The fourth-order valence-electron chi connectivity index (χ4n) is 6.99. The van der Waals surface area contributed by atoms with Gasteiger partial charge in [0.05, 0.1) is 12.6 Å². The molecule has 8 nitrogen and oxygen atoms in total. The molecule has 3 aliphatic carbocycles. The molecule has 1 saturated heterocycles. The predicted molar refractivity (Wildman–Crippen MR) is 112 cm³/mol. The average molecular weight is 469 g/mol. The maximum Gasteiger partial charge on any atom is 0.276 e. The maximum atomic E-state index is 13.9. The standard InChI is InChI=1S/C24H21F2N3O5/c1-9-16-17(9)24-5-14(24)29-15(34-21(16)24)8-28-7-12(19(30)20(31)18(28)23(29)33)22(32)27-6-10-2-3-11(25)4-13(10)26/h2-4,7,9,14-17,21,31H,5-6,8H2,1H3,(H,27,32)/t9?,14?,15?,16?,17?,21?,24-/m0/s1. The summed E-state index contributed by atoms with van der Waals surface area (Å²) in [6.07, 6.45) is 1.74. The Balaban J connectivity index is 1.18. The summed E-state index contributed by atoms with van der Waals surface area (Å²) in [7, 11) is 0. The van der Waals surface area contributed by atoms with Crippen LogP contribution in [0.15, 0.2) is 29.2 Å². The molecule has 5 aliphatic rings. The van der Waals surface area contributed by atoms with Crippen LogP contribution in [-0.4, -0.2) is 44.8 Å². The lowest BCUT2D eigenvalue weighted by atomic mass is 9.76. The smallest absolute Gasteiger partial charge is 0.276 e. The van der Waals surface area contributed by atoms with Gasteiger partial charge in [0.15, 0.2) is 17.7 Å². The van der Waals surface area contributed by atoms with Gasteiger partial charge < -0.3 is 24.6 Å². The van der Waals surface area contributed by atoms with Gasteiger partial charge in [-0.1, -0.05) is 13.0 Å². The van der Waals surface area contributed by atoms with E-state index in [2.05, 4.69) is 12.2 Å². The maximum absolute atomic E-state index is 13.9. The van der Waals surface area contributed by atoms with Gasteiger partial charge in [0.25, 0.3) is 11.8 Å². The zero-order valence-corrected chi connectivity index (χ0v) is 18.1. The number of fused-ring (bicyclic) bond motifs is 5. The molecule has 2 N–H and O–H groups in total. The van der Waals surface area contributed by atoms with Crippen molar-refractivity contribution in [3.05, 3.63) is 63.1 Å². The second-order valence-electron chi connectivity index (χ2n) is 10.2. The van der Waals surface area contributed by atoms with Crippen molar-refractivity contribution < 1.29 is 28.2 Å². The topological polar surface area (TPSA) is 101 Å². The third-order valence-corrected chi connectivity index (χ3v) is 8.65. The summed E-state index contributed by atoms with van der Waals surface area (Å²) in [5.74, 6) is -1.95. The fourth-order valence-corrected chi connectivity index (χ4v) is 6.99. The Morgan fingerprint density at radius 2 is 2.12 bits per heavy atom. The number of benzene rings is 1. The molecule has 3 saturated carbocycles. The second kappa shape index (κ2) is 6.24. The number of amides is 2. The third-order valence-electron chi connectivity index (χ3n) is 8.65. The summed E-state index contributed by atoms with van der Waals surface area (Å²) in [6, 6.07) is 3.02. The second-order valence-corrected chi connectivity index (χ2v) is 10.2. The molecular formula is C24H21F2N3O5. The number of rotatable bonds is 3. The molecule has 34 heavy (non-hydrogen) atoms. The number of nitrogens with zero attached hydrogens (tertiary/aromatic N) is 2. The van der Waals surface area contributed by atoms with Crippen LogP contribution in [0.3, 0.4) is 0 Å². The minimum atomic E-state index is -0.976. The van der Waals surface area contributed by atoms with Crippen molar-refractivity contribution in [2.45, 2.75) is 44.8 Å². The quantitative estimate of drug-likeness (QED) is 0.711. The highest BCUT2D eigenvalue weighted by Gasteiger charge is 2.88. The van der Waals surface area contributed by atoms with Crippen LogP contribution in [0.4, 0.5) is 8.78 Å². The Hall–Kier alpha value is -3.27. The van der Waals surface area contributed by atoms with Crippen molar-refractivity contribution in [1.82, 2.24) is 14.8 Å². The van der Waals surface area contributed by atoms with E-state index in [1.54, 1.807) is 4.90 Å². The van der Waals surface area contributed by atoms with E-state index in [0.29, 0.717) is 23.8 Å². The number of nitrogens with one attached hydrogen (secondary N) is 1. The Bertz CT molecular complexity index is 1380. The Kier molecular flexibility index (Phi) is 3.69. The van der Waals surface area contributed by atoms with Crippen molar-refractivity contribution in [1.29, 1.82) is 0 Å². The van der Waals surface area contributed by atoms with Crippen LogP contribution in [0, 0.1) is 34.8 Å². The molecule has 3 heterocycles. The molecule has 176 valence electrons. The molecule has 10 heteroatoms. The van der Waals surface area contributed by atoms with Gasteiger partial charge in [0.1, 0.15) is 17.2 Å². The molecule has 1 spiro atoms. The lowest BCUT2D eigenvalue weighted by molar-refractivity contribution is -0.202. The predicted octanol–water partition coefficient (Wildman–Crippen LogP) is 1.60. The number of aromatic nitrogens is 1. The molecule has 7 atom stereocenters. The Labute approximate surface area is 192 Å². The van der Waals surface area contributed by atoms with E-state index < -0.39 is 40.9 Å². The molecule has 2 aliphatic heterocycles. The highest BCUT2D eigenvalue weighted by Crippen LogP contribution is 2.84. The zero-order chi connectivity index (χ0) is 23.7. The van der Waals surface area contributed by atoms with E-state index >= 15 is 0 Å². The molecular weight excluding hydrogens is 448 g/mol. The van der Waals surface area contributed by atoms with Gasteiger partial charge in [-0.2, -0.15) is 0 Å². The van der Waals surface area contributed by atoms with Gasteiger partial charge in [-0.05, 0) is 30.2 Å². The van der Waals surface area contributed by atoms with Gasteiger partial charge in [0.2, 0.25) is 5.43 Å². The lowest BCUT2D eigenvalue weighted by Gasteiger charge is -2.50. The molecule has 7 rings (SSSR count). The van der Waals surface area contributed by atoms with E-state index in [1.807, 2.05) is 0 Å². The van der Waals surface area contributed by atoms with Crippen molar-refractivity contribution in [2.24, 2.45) is 23.2 Å². The average Bonchev–Trinajstić information content (AvgIpc) is 3.67. The highest BCUT2D eigenvalue weighted by atomic mass is 19.1. The van der Waals surface area contributed by atoms with E-state index in [0.717, 1.165) is 12.5 Å². The normalized spacial score (nSPS) is 35.7. The summed E-state index contributed by atoms with van der Waals surface area (Å²) in [5, 5.41) is 13.0. The summed E-state index contributed by atoms with van der Waals surface area (Å²) in [4.78, 5) is 40.5. The summed E-state index contributed by atoms with van der Waals surface area (Å²) < 4.78 is 34.7. The fraction of sp³-hybridized carbons (Fsp3) is 0.458. The van der Waals surface area contributed by atoms with Crippen molar-refractivity contribution >= 4 is 11.8 Å². The van der Waals surface area contributed by atoms with E-state index in [-0.39, 0.29) is 47.5 Å². The van der Waals surface area contributed by atoms with Gasteiger partial charge in [0, 0.05) is 35.8 Å². The molecule has 0 radical (unpaired) electrons. The molecule has 2 aromatic rings. The number of carbonyl (C=O) groups excluding carboxylic acids is 2. The van der Waals surface area contributed by atoms with Crippen LogP contribution in [0.2, 0.25) is 0 Å². The van der Waals surface area contributed by atoms with E-state index in [4.69, 9.17) is 4.74 Å². The van der Waals surface area contributed by atoms with Crippen LogP contribution < -0.4 is 10.7 Å². The third kappa shape index (κ3) is 2.31. The number of hydrogen-bond acceptors (Lipinski definition) is 5. The Morgan fingerprint density at radius 3 is 2.88 bits per heavy atom. The van der Waals surface area contributed by atoms with Gasteiger partial charge in [-0.25, -0.2) is 8.78 Å². The van der Waals surface area contributed by atoms with Gasteiger partial charge in [-0.3, -0.25) is 14.4 Å². The minimum Gasteiger partial charge on any atom is -0.503 e. The number of aromatic hydroxyl groups is 1. The summed E-state index contributed by atoms with van der Waals surface area (Å²) >= 11 is 0. The zero-order valence-electron chi connectivity index (χ0n) is 18.1. The molecule has 1 aromatic heterocycles. The molecule has 6 unspecified atom stereocenters.